The van der Waals surface area contributed by atoms with Gasteiger partial charge in [-0.25, -0.2) is 0 Å². The molecule has 0 saturated carbocycles. The zero-order valence-electron chi connectivity index (χ0n) is 5.85. The highest BCUT2D eigenvalue weighted by atomic mass is 16.1. The summed E-state index contributed by atoms with van der Waals surface area (Å²) in [6, 6.07) is 1.50. The van der Waals surface area contributed by atoms with Crippen molar-refractivity contribution in [1.82, 2.24) is 4.98 Å². The summed E-state index contributed by atoms with van der Waals surface area (Å²) in [5.41, 5.74) is 1.57. The van der Waals surface area contributed by atoms with E-state index < -0.39 is 0 Å². The van der Waals surface area contributed by atoms with Gasteiger partial charge in [0.1, 0.15) is 0 Å². The summed E-state index contributed by atoms with van der Waals surface area (Å²) in [6.45, 7) is 5.34. The zero-order chi connectivity index (χ0) is 7.56. The van der Waals surface area contributed by atoms with Gasteiger partial charge in [-0.15, -0.1) is 0 Å². The van der Waals surface area contributed by atoms with Gasteiger partial charge in [0.15, 0.2) is 5.43 Å². The fourth-order valence-electron chi connectivity index (χ4n) is 0.785. The summed E-state index contributed by atoms with van der Waals surface area (Å²) in [5.74, 6) is 0. The maximum atomic E-state index is 10.9. The predicted octanol–water partition coefficient (Wildman–Crippen LogP) is 1.33. The summed E-state index contributed by atoms with van der Waals surface area (Å²) in [4.78, 5) is 13.8. The van der Waals surface area contributed by atoms with Gasteiger partial charge in [-0.05, 0) is 13.0 Å². The normalized spacial score (nSPS) is 9.30. The SMILES string of the molecule is C=Cc1[nH]ccc(=O)c1C. The first kappa shape index (κ1) is 6.81. The highest BCUT2D eigenvalue weighted by Gasteiger charge is 1.94. The summed E-state index contributed by atoms with van der Waals surface area (Å²) in [6.07, 6.45) is 3.25. The molecular formula is C8H9NO. The third-order valence-electron chi connectivity index (χ3n) is 1.45. The minimum Gasteiger partial charge on any atom is -0.361 e. The molecule has 0 radical (unpaired) electrons. The van der Waals surface area contributed by atoms with Crippen molar-refractivity contribution in [3.8, 4) is 0 Å². The lowest BCUT2D eigenvalue weighted by atomic mass is 10.2. The first-order valence-corrected chi connectivity index (χ1v) is 3.06. The van der Waals surface area contributed by atoms with E-state index in [9.17, 15) is 4.79 Å². The van der Waals surface area contributed by atoms with Crippen LogP contribution in [0.15, 0.2) is 23.6 Å². The molecule has 0 atom stereocenters. The molecular weight excluding hydrogens is 126 g/mol. The minimum atomic E-state index is 0.0497. The molecule has 2 nitrogen and oxygen atoms in total. The summed E-state index contributed by atoms with van der Waals surface area (Å²) in [5, 5.41) is 0. The number of nitrogens with one attached hydrogen (secondary N) is 1. The fraction of sp³-hybridized carbons (Fsp3) is 0.125. The molecule has 0 spiro atoms. The lowest BCUT2D eigenvalue weighted by Crippen LogP contribution is -2.05. The van der Waals surface area contributed by atoms with E-state index in [0.717, 1.165) is 11.3 Å². The number of hydrogen-bond donors (Lipinski definition) is 1. The van der Waals surface area contributed by atoms with Crippen LogP contribution in [0.25, 0.3) is 6.08 Å². The molecule has 2 heteroatoms. The molecule has 0 amide bonds. The smallest absolute Gasteiger partial charge is 0.185 e. The van der Waals surface area contributed by atoms with Crippen LogP contribution in [-0.2, 0) is 0 Å². The molecule has 0 aliphatic rings. The van der Waals surface area contributed by atoms with Gasteiger partial charge in [0.25, 0.3) is 0 Å². The molecule has 0 fully saturated rings. The molecule has 10 heavy (non-hydrogen) atoms. The lowest BCUT2D eigenvalue weighted by Gasteiger charge is -1.95. The Labute approximate surface area is 59.2 Å². The highest BCUT2D eigenvalue weighted by molar-refractivity contribution is 5.45. The van der Waals surface area contributed by atoms with Gasteiger partial charge in [-0.2, -0.15) is 0 Å². The average Bonchev–Trinajstić information content (AvgIpc) is 1.95. The van der Waals surface area contributed by atoms with E-state index in [0.29, 0.717) is 0 Å². The van der Waals surface area contributed by atoms with Crippen LogP contribution >= 0.6 is 0 Å². The van der Waals surface area contributed by atoms with E-state index in [1.165, 1.54) is 6.07 Å². The Morgan fingerprint density at radius 3 is 2.90 bits per heavy atom. The Balaban J connectivity index is 3.41. The van der Waals surface area contributed by atoms with Crippen LogP contribution in [0.4, 0.5) is 0 Å². The third-order valence-corrected chi connectivity index (χ3v) is 1.45. The number of rotatable bonds is 1. The standard InChI is InChI=1S/C8H9NO/c1-3-7-6(2)8(10)4-5-9-7/h3-5H,1H2,2H3,(H,9,10). The molecule has 0 unspecified atom stereocenters. The van der Waals surface area contributed by atoms with Crippen molar-refractivity contribution in [2.24, 2.45) is 0 Å². The van der Waals surface area contributed by atoms with Crippen molar-refractivity contribution in [3.05, 3.63) is 40.3 Å². The highest BCUT2D eigenvalue weighted by Crippen LogP contribution is 1.97. The number of pyridine rings is 1. The van der Waals surface area contributed by atoms with Crippen LogP contribution in [0.2, 0.25) is 0 Å². The molecule has 0 saturated heterocycles. The predicted molar refractivity (Wildman–Crippen MR) is 41.9 cm³/mol. The minimum absolute atomic E-state index is 0.0497. The van der Waals surface area contributed by atoms with Crippen molar-refractivity contribution >= 4 is 6.08 Å². The van der Waals surface area contributed by atoms with Crippen LogP contribution in [0.1, 0.15) is 11.3 Å². The summed E-state index contributed by atoms with van der Waals surface area (Å²) >= 11 is 0. The van der Waals surface area contributed by atoms with Gasteiger partial charge >= 0.3 is 0 Å². The average molecular weight is 135 g/mol. The Bertz CT molecular complexity index is 298. The first-order valence-electron chi connectivity index (χ1n) is 3.06. The number of aromatic nitrogens is 1. The fourth-order valence-corrected chi connectivity index (χ4v) is 0.785. The molecule has 0 aliphatic carbocycles. The monoisotopic (exact) mass is 135 g/mol. The van der Waals surface area contributed by atoms with Crippen LogP contribution in [-0.4, -0.2) is 4.98 Å². The quantitative estimate of drug-likeness (QED) is 0.619. The molecule has 0 aliphatic heterocycles. The summed E-state index contributed by atoms with van der Waals surface area (Å²) in [7, 11) is 0. The second kappa shape index (κ2) is 2.52. The van der Waals surface area contributed by atoms with E-state index in [2.05, 4.69) is 11.6 Å². The number of hydrogen-bond acceptors (Lipinski definition) is 1. The van der Waals surface area contributed by atoms with Crippen LogP contribution in [0.5, 0.6) is 0 Å². The molecule has 1 N–H and O–H groups in total. The van der Waals surface area contributed by atoms with Gasteiger partial charge in [-0.1, -0.05) is 6.58 Å². The van der Waals surface area contributed by atoms with Crippen LogP contribution in [0.3, 0.4) is 0 Å². The van der Waals surface area contributed by atoms with Crippen molar-refractivity contribution in [2.75, 3.05) is 0 Å². The van der Waals surface area contributed by atoms with E-state index in [-0.39, 0.29) is 5.43 Å². The van der Waals surface area contributed by atoms with Gasteiger partial charge < -0.3 is 4.98 Å². The van der Waals surface area contributed by atoms with Crippen LogP contribution < -0.4 is 5.43 Å². The van der Waals surface area contributed by atoms with E-state index in [4.69, 9.17) is 0 Å². The summed E-state index contributed by atoms with van der Waals surface area (Å²) < 4.78 is 0. The molecule has 0 bridgehead atoms. The van der Waals surface area contributed by atoms with Crippen molar-refractivity contribution in [1.29, 1.82) is 0 Å². The largest absolute Gasteiger partial charge is 0.361 e. The van der Waals surface area contributed by atoms with Gasteiger partial charge in [0, 0.05) is 23.5 Å². The molecule has 1 heterocycles. The lowest BCUT2D eigenvalue weighted by molar-refractivity contribution is 1.21. The Hall–Kier alpha value is -1.31. The van der Waals surface area contributed by atoms with E-state index >= 15 is 0 Å². The zero-order valence-corrected chi connectivity index (χ0v) is 5.85. The van der Waals surface area contributed by atoms with Crippen molar-refractivity contribution < 1.29 is 0 Å². The van der Waals surface area contributed by atoms with Gasteiger partial charge in [-0.3, -0.25) is 4.79 Å². The second-order valence-electron chi connectivity index (χ2n) is 2.08. The van der Waals surface area contributed by atoms with Crippen molar-refractivity contribution in [2.45, 2.75) is 6.92 Å². The maximum absolute atomic E-state index is 10.9. The van der Waals surface area contributed by atoms with Gasteiger partial charge in [0.05, 0.1) is 0 Å². The van der Waals surface area contributed by atoms with E-state index in [1.54, 1.807) is 19.2 Å². The molecule has 1 aromatic heterocycles. The topological polar surface area (TPSA) is 32.9 Å². The molecule has 1 rings (SSSR count). The molecule has 0 aromatic carbocycles. The second-order valence-corrected chi connectivity index (χ2v) is 2.08. The number of aromatic amines is 1. The van der Waals surface area contributed by atoms with Crippen molar-refractivity contribution in [3.63, 3.8) is 0 Å². The Kier molecular flexibility index (Phi) is 1.71. The third kappa shape index (κ3) is 1.00. The number of H-pyrrole nitrogens is 1. The van der Waals surface area contributed by atoms with E-state index in [1.807, 2.05) is 0 Å². The Morgan fingerprint density at radius 2 is 2.40 bits per heavy atom. The van der Waals surface area contributed by atoms with Crippen LogP contribution in [0, 0.1) is 6.92 Å². The molecule has 1 aromatic rings. The Morgan fingerprint density at radius 1 is 1.70 bits per heavy atom. The first-order chi connectivity index (χ1) is 4.75. The van der Waals surface area contributed by atoms with Gasteiger partial charge in [0.2, 0.25) is 0 Å². The molecule has 52 valence electrons. The maximum Gasteiger partial charge on any atom is 0.185 e.